The second-order valence-corrected chi connectivity index (χ2v) is 5.30. The Bertz CT molecular complexity index is 330. The second-order valence-electron chi connectivity index (χ2n) is 5.30. The lowest BCUT2D eigenvalue weighted by Gasteiger charge is -2.15. The van der Waals surface area contributed by atoms with E-state index in [2.05, 4.69) is 15.5 Å². The lowest BCUT2D eigenvalue weighted by atomic mass is 9.91. The summed E-state index contributed by atoms with van der Waals surface area (Å²) in [4.78, 5) is 4.57. The van der Waals surface area contributed by atoms with Gasteiger partial charge in [0, 0.05) is 12.3 Å². The van der Waals surface area contributed by atoms with Crippen LogP contribution in [0.5, 0.6) is 0 Å². The quantitative estimate of drug-likeness (QED) is 0.817. The van der Waals surface area contributed by atoms with Gasteiger partial charge < -0.3 is 9.84 Å². The molecule has 1 aromatic heterocycles. The smallest absolute Gasteiger partial charge is 0.226 e. The molecule has 4 nitrogen and oxygen atoms in total. The van der Waals surface area contributed by atoms with Gasteiger partial charge in [0.25, 0.3) is 0 Å². The molecule has 1 fully saturated rings. The molecular weight excluding hydrogens is 226 g/mol. The molecule has 0 radical (unpaired) electrons. The highest BCUT2D eigenvalue weighted by Gasteiger charge is 2.19. The predicted octanol–water partition coefficient (Wildman–Crippen LogP) is 3.05. The first-order valence-electron chi connectivity index (χ1n) is 7.37. The summed E-state index contributed by atoms with van der Waals surface area (Å²) in [5, 5.41) is 7.32. The highest BCUT2D eigenvalue weighted by molar-refractivity contribution is 4.96. The van der Waals surface area contributed by atoms with Crippen LogP contribution in [0.3, 0.4) is 0 Å². The average molecular weight is 251 g/mol. The fourth-order valence-corrected chi connectivity index (χ4v) is 2.67. The summed E-state index contributed by atoms with van der Waals surface area (Å²) in [5.41, 5.74) is 0. The third-order valence-corrected chi connectivity index (χ3v) is 3.77. The summed E-state index contributed by atoms with van der Waals surface area (Å²) in [6.45, 7) is 1.00. The van der Waals surface area contributed by atoms with Crippen LogP contribution in [0, 0.1) is 0 Å². The Balaban J connectivity index is 1.86. The van der Waals surface area contributed by atoms with Crippen molar-refractivity contribution in [2.45, 2.75) is 63.7 Å². The van der Waals surface area contributed by atoms with Crippen molar-refractivity contribution in [3.05, 3.63) is 11.7 Å². The third-order valence-electron chi connectivity index (χ3n) is 3.77. The zero-order valence-corrected chi connectivity index (χ0v) is 11.5. The minimum absolute atomic E-state index is 0.534. The van der Waals surface area contributed by atoms with Gasteiger partial charge >= 0.3 is 0 Å². The molecule has 4 heteroatoms. The molecule has 0 unspecified atom stereocenters. The van der Waals surface area contributed by atoms with Crippen LogP contribution >= 0.6 is 0 Å². The Kier molecular flexibility index (Phi) is 5.65. The first-order valence-corrected chi connectivity index (χ1v) is 7.37. The molecule has 0 bridgehead atoms. The first kappa shape index (κ1) is 13.5. The molecule has 0 atom stereocenters. The van der Waals surface area contributed by atoms with Crippen molar-refractivity contribution in [1.82, 2.24) is 15.5 Å². The third kappa shape index (κ3) is 4.09. The van der Waals surface area contributed by atoms with Crippen molar-refractivity contribution in [3.8, 4) is 0 Å². The van der Waals surface area contributed by atoms with Crippen LogP contribution in [0.1, 0.15) is 69.0 Å². The van der Waals surface area contributed by atoms with Gasteiger partial charge in [0.15, 0.2) is 5.82 Å². The van der Waals surface area contributed by atoms with Gasteiger partial charge in [0.2, 0.25) is 5.89 Å². The van der Waals surface area contributed by atoms with Gasteiger partial charge in [0.05, 0.1) is 0 Å². The van der Waals surface area contributed by atoms with E-state index in [1.165, 1.54) is 44.9 Å². The predicted molar refractivity (Wildman–Crippen MR) is 71.6 cm³/mol. The number of aryl methyl sites for hydroxylation is 1. The van der Waals surface area contributed by atoms with Crippen LogP contribution in [0.2, 0.25) is 0 Å². The van der Waals surface area contributed by atoms with E-state index >= 15 is 0 Å². The van der Waals surface area contributed by atoms with E-state index in [1.54, 1.807) is 0 Å². The molecule has 1 aliphatic rings. The lowest BCUT2D eigenvalue weighted by molar-refractivity contribution is 0.359. The minimum Gasteiger partial charge on any atom is -0.339 e. The molecule has 0 aromatic carbocycles. The molecule has 1 saturated carbocycles. The number of rotatable bonds is 5. The Morgan fingerprint density at radius 1 is 1.17 bits per heavy atom. The van der Waals surface area contributed by atoms with Crippen molar-refractivity contribution in [2.75, 3.05) is 13.6 Å². The molecule has 1 aromatic rings. The molecule has 1 aliphatic carbocycles. The molecule has 0 spiro atoms. The molecule has 0 aliphatic heterocycles. The summed E-state index contributed by atoms with van der Waals surface area (Å²) in [7, 11) is 1.97. The van der Waals surface area contributed by atoms with Crippen LogP contribution in [0.15, 0.2) is 4.52 Å². The molecular formula is C14H25N3O. The fourth-order valence-electron chi connectivity index (χ4n) is 2.67. The largest absolute Gasteiger partial charge is 0.339 e. The maximum Gasteiger partial charge on any atom is 0.226 e. The van der Waals surface area contributed by atoms with Crippen LogP contribution < -0.4 is 5.32 Å². The SMILES string of the molecule is CNCCCc1nc(C2CCCCCCC2)no1. The Hall–Kier alpha value is -0.900. The Labute approximate surface area is 110 Å². The second kappa shape index (κ2) is 7.52. The van der Waals surface area contributed by atoms with Crippen molar-refractivity contribution < 1.29 is 4.52 Å². The zero-order valence-electron chi connectivity index (χ0n) is 11.5. The maximum atomic E-state index is 5.35. The standard InChI is InChI=1S/C14H25N3O/c1-15-11-7-10-13-16-14(17-18-13)12-8-5-3-2-4-6-9-12/h12,15H,2-11H2,1H3. The van der Waals surface area contributed by atoms with Gasteiger partial charge in [-0.25, -0.2) is 0 Å². The van der Waals surface area contributed by atoms with Gasteiger partial charge in [-0.3, -0.25) is 0 Å². The first-order chi connectivity index (χ1) is 8.90. The van der Waals surface area contributed by atoms with Crippen molar-refractivity contribution in [1.29, 1.82) is 0 Å². The molecule has 1 heterocycles. The molecule has 2 rings (SSSR count). The van der Waals surface area contributed by atoms with Crippen LogP contribution in [0.25, 0.3) is 0 Å². The lowest BCUT2D eigenvalue weighted by Crippen LogP contribution is -2.08. The van der Waals surface area contributed by atoms with Crippen LogP contribution in [-0.4, -0.2) is 23.7 Å². The minimum atomic E-state index is 0.534. The van der Waals surface area contributed by atoms with E-state index in [1.807, 2.05) is 7.05 Å². The summed E-state index contributed by atoms with van der Waals surface area (Å²) in [6.07, 6.45) is 11.2. The summed E-state index contributed by atoms with van der Waals surface area (Å²) >= 11 is 0. The monoisotopic (exact) mass is 251 g/mol. The highest BCUT2D eigenvalue weighted by Crippen LogP contribution is 2.29. The number of hydrogen-bond donors (Lipinski definition) is 1. The van der Waals surface area contributed by atoms with Gasteiger partial charge in [-0.2, -0.15) is 4.98 Å². The summed E-state index contributed by atoms with van der Waals surface area (Å²) in [6, 6.07) is 0. The molecule has 18 heavy (non-hydrogen) atoms. The molecule has 102 valence electrons. The number of hydrogen-bond acceptors (Lipinski definition) is 4. The van der Waals surface area contributed by atoms with Gasteiger partial charge in [0.1, 0.15) is 0 Å². The molecule has 1 N–H and O–H groups in total. The molecule has 0 saturated heterocycles. The van der Waals surface area contributed by atoms with E-state index in [4.69, 9.17) is 4.52 Å². The maximum absolute atomic E-state index is 5.35. The number of nitrogens with zero attached hydrogens (tertiary/aromatic N) is 2. The molecule has 0 amide bonds. The van der Waals surface area contributed by atoms with E-state index in [0.29, 0.717) is 5.92 Å². The number of nitrogens with one attached hydrogen (secondary N) is 1. The Morgan fingerprint density at radius 2 is 1.89 bits per heavy atom. The van der Waals surface area contributed by atoms with Gasteiger partial charge in [-0.15, -0.1) is 0 Å². The normalized spacial score (nSPS) is 18.5. The van der Waals surface area contributed by atoms with Crippen LogP contribution in [0.4, 0.5) is 0 Å². The summed E-state index contributed by atoms with van der Waals surface area (Å²) < 4.78 is 5.35. The zero-order chi connectivity index (χ0) is 12.6. The Morgan fingerprint density at radius 3 is 2.61 bits per heavy atom. The average Bonchev–Trinajstić information content (AvgIpc) is 2.78. The van der Waals surface area contributed by atoms with Crippen molar-refractivity contribution in [3.63, 3.8) is 0 Å². The topological polar surface area (TPSA) is 51.0 Å². The van der Waals surface area contributed by atoms with E-state index in [-0.39, 0.29) is 0 Å². The van der Waals surface area contributed by atoms with Crippen molar-refractivity contribution >= 4 is 0 Å². The van der Waals surface area contributed by atoms with E-state index < -0.39 is 0 Å². The van der Waals surface area contributed by atoms with Gasteiger partial charge in [-0.1, -0.05) is 37.3 Å². The summed E-state index contributed by atoms with van der Waals surface area (Å²) in [5.74, 6) is 2.30. The van der Waals surface area contributed by atoms with E-state index in [0.717, 1.165) is 31.1 Å². The van der Waals surface area contributed by atoms with E-state index in [9.17, 15) is 0 Å². The van der Waals surface area contributed by atoms with Crippen LogP contribution in [-0.2, 0) is 6.42 Å². The highest BCUT2D eigenvalue weighted by atomic mass is 16.5. The van der Waals surface area contributed by atoms with Gasteiger partial charge in [-0.05, 0) is 32.9 Å². The van der Waals surface area contributed by atoms with Crippen molar-refractivity contribution in [2.24, 2.45) is 0 Å². The fraction of sp³-hybridized carbons (Fsp3) is 0.857. The number of aromatic nitrogens is 2.